The standard InChI is InChI=1S/C17H24N2O2/c1-2-16-15(3-9-20-16)11-14(1)12-19-7-4-17(5-8-19)13-18-6-10-21-17/h1-2,11,18H,3-10,12-13H2. The maximum atomic E-state index is 6.06. The van der Waals surface area contributed by atoms with Crippen molar-refractivity contribution in [3.05, 3.63) is 29.3 Å². The second-order valence-electron chi connectivity index (χ2n) is 6.52. The summed E-state index contributed by atoms with van der Waals surface area (Å²) < 4.78 is 11.6. The number of fused-ring (bicyclic) bond motifs is 1. The molecule has 1 N–H and O–H groups in total. The number of nitrogens with zero attached hydrogens (tertiary/aromatic N) is 1. The molecule has 3 aliphatic rings. The molecule has 0 atom stereocenters. The van der Waals surface area contributed by atoms with E-state index in [4.69, 9.17) is 9.47 Å². The minimum absolute atomic E-state index is 0.112. The summed E-state index contributed by atoms with van der Waals surface area (Å²) in [7, 11) is 0. The number of hydrogen-bond donors (Lipinski definition) is 1. The van der Waals surface area contributed by atoms with Crippen molar-refractivity contribution in [2.75, 3.05) is 39.4 Å². The molecule has 2 saturated heterocycles. The van der Waals surface area contributed by atoms with Gasteiger partial charge in [-0.1, -0.05) is 12.1 Å². The van der Waals surface area contributed by atoms with Crippen LogP contribution >= 0.6 is 0 Å². The quantitative estimate of drug-likeness (QED) is 0.896. The third-order valence-corrected chi connectivity index (χ3v) is 5.06. The van der Waals surface area contributed by atoms with E-state index in [9.17, 15) is 0 Å². The molecule has 0 unspecified atom stereocenters. The Morgan fingerprint density at radius 2 is 2.10 bits per heavy atom. The third-order valence-electron chi connectivity index (χ3n) is 5.06. The van der Waals surface area contributed by atoms with Crippen molar-refractivity contribution in [2.45, 2.75) is 31.4 Å². The van der Waals surface area contributed by atoms with Gasteiger partial charge < -0.3 is 14.8 Å². The molecule has 3 heterocycles. The fraction of sp³-hybridized carbons (Fsp3) is 0.647. The van der Waals surface area contributed by atoms with Gasteiger partial charge in [-0.2, -0.15) is 0 Å². The minimum Gasteiger partial charge on any atom is -0.493 e. The summed E-state index contributed by atoms with van der Waals surface area (Å²) in [5.74, 6) is 1.08. The van der Waals surface area contributed by atoms with Gasteiger partial charge in [0, 0.05) is 39.1 Å². The Kier molecular flexibility index (Phi) is 3.61. The lowest BCUT2D eigenvalue weighted by Gasteiger charge is -2.44. The van der Waals surface area contributed by atoms with Gasteiger partial charge in [0.25, 0.3) is 0 Å². The summed E-state index contributed by atoms with van der Waals surface area (Å²) in [4.78, 5) is 2.56. The molecule has 0 saturated carbocycles. The van der Waals surface area contributed by atoms with E-state index in [1.54, 1.807) is 0 Å². The maximum absolute atomic E-state index is 6.06. The monoisotopic (exact) mass is 288 g/mol. The van der Waals surface area contributed by atoms with Crippen LogP contribution in [-0.4, -0.2) is 49.9 Å². The summed E-state index contributed by atoms with van der Waals surface area (Å²) in [5, 5.41) is 3.48. The van der Waals surface area contributed by atoms with Gasteiger partial charge in [-0.3, -0.25) is 4.90 Å². The molecule has 0 amide bonds. The highest BCUT2D eigenvalue weighted by atomic mass is 16.5. The fourth-order valence-corrected chi connectivity index (χ4v) is 3.74. The largest absolute Gasteiger partial charge is 0.493 e. The number of nitrogens with one attached hydrogen (secondary N) is 1. The average molecular weight is 288 g/mol. The van der Waals surface area contributed by atoms with E-state index < -0.39 is 0 Å². The Labute approximate surface area is 126 Å². The molecule has 114 valence electrons. The number of hydrogen-bond acceptors (Lipinski definition) is 4. The molecular formula is C17H24N2O2. The molecule has 1 aromatic carbocycles. The first-order chi connectivity index (χ1) is 10.3. The Hall–Kier alpha value is -1.10. The molecule has 0 radical (unpaired) electrons. The second-order valence-corrected chi connectivity index (χ2v) is 6.52. The highest BCUT2D eigenvalue weighted by Gasteiger charge is 2.36. The fourth-order valence-electron chi connectivity index (χ4n) is 3.74. The lowest BCUT2D eigenvalue weighted by atomic mass is 9.90. The van der Waals surface area contributed by atoms with Crippen molar-refractivity contribution in [1.82, 2.24) is 10.2 Å². The van der Waals surface area contributed by atoms with Crippen LogP contribution in [-0.2, 0) is 17.7 Å². The Bertz CT molecular complexity index is 502. The predicted molar refractivity (Wildman–Crippen MR) is 81.7 cm³/mol. The molecule has 0 bridgehead atoms. The van der Waals surface area contributed by atoms with Gasteiger partial charge in [-0.25, -0.2) is 0 Å². The van der Waals surface area contributed by atoms with Crippen molar-refractivity contribution in [3.8, 4) is 5.75 Å². The van der Waals surface area contributed by atoms with Crippen LogP contribution in [0, 0.1) is 0 Å². The van der Waals surface area contributed by atoms with E-state index in [1.807, 2.05) is 0 Å². The second kappa shape index (κ2) is 5.59. The number of benzene rings is 1. The molecule has 4 nitrogen and oxygen atoms in total. The zero-order valence-electron chi connectivity index (χ0n) is 12.6. The SMILES string of the molecule is c1cc2c(cc1CN1CCC3(CC1)CNCCO3)CCO2. The van der Waals surface area contributed by atoms with Crippen molar-refractivity contribution in [1.29, 1.82) is 0 Å². The Morgan fingerprint density at radius 3 is 2.90 bits per heavy atom. The number of rotatable bonds is 2. The summed E-state index contributed by atoms with van der Waals surface area (Å²) in [6.07, 6.45) is 3.36. The van der Waals surface area contributed by atoms with Crippen LogP contribution in [0.4, 0.5) is 0 Å². The molecule has 4 heteroatoms. The van der Waals surface area contributed by atoms with Gasteiger partial charge in [-0.05, 0) is 30.0 Å². The smallest absolute Gasteiger partial charge is 0.122 e. The van der Waals surface area contributed by atoms with Crippen LogP contribution in [0.25, 0.3) is 0 Å². The van der Waals surface area contributed by atoms with Crippen LogP contribution < -0.4 is 10.1 Å². The maximum Gasteiger partial charge on any atom is 0.122 e. The number of ether oxygens (including phenoxy) is 2. The van der Waals surface area contributed by atoms with E-state index >= 15 is 0 Å². The molecule has 21 heavy (non-hydrogen) atoms. The van der Waals surface area contributed by atoms with Crippen LogP contribution in [0.1, 0.15) is 24.0 Å². The van der Waals surface area contributed by atoms with Gasteiger partial charge in [-0.15, -0.1) is 0 Å². The van der Waals surface area contributed by atoms with E-state index in [1.165, 1.54) is 11.1 Å². The van der Waals surface area contributed by atoms with Crippen molar-refractivity contribution < 1.29 is 9.47 Å². The minimum atomic E-state index is 0.112. The molecule has 1 spiro atoms. The van der Waals surface area contributed by atoms with Crippen LogP contribution in [0.3, 0.4) is 0 Å². The normalized spacial score (nSPS) is 24.8. The summed E-state index contributed by atoms with van der Waals surface area (Å²) >= 11 is 0. The third kappa shape index (κ3) is 2.80. The molecule has 3 aliphatic heterocycles. The zero-order valence-corrected chi connectivity index (χ0v) is 12.6. The molecule has 2 fully saturated rings. The van der Waals surface area contributed by atoms with Crippen molar-refractivity contribution in [2.24, 2.45) is 0 Å². The topological polar surface area (TPSA) is 33.7 Å². The lowest BCUT2D eigenvalue weighted by molar-refractivity contribution is -0.100. The van der Waals surface area contributed by atoms with Gasteiger partial charge in [0.1, 0.15) is 5.75 Å². The highest BCUT2D eigenvalue weighted by Crippen LogP contribution is 2.30. The molecular weight excluding hydrogens is 264 g/mol. The highest BCUT2D eigenvalue weighted by molar-refractivity contribution is 5.39. The van der Waals surface area contributed by atoms with E-state index in [0.29, 0.717) is 0 Å². The van der Waals surface area contributed by atoms with Gasteiger partial charge >= 0.3 is 0 Å². The van der Waals surface area contributed by atoms with Gasteiger partial charge in [0.2, 0.25) is 0 Å². The van der Waals surface area contributed by atoms with Crippen LogP contribution in [0.15, 0.2) is 18.2 Å². The number of likely N-dealkylation sites (tertiary alicyclic amines) is 1. The van der Waals surface area contributed by atoms with E-state index in [0.717, 1.165) is 70.9 Å². The van der Waals surface area contributed by atoms with Crippen molar-refractivity contribution in [3.63, 3.8) is 0 Å². The summed E-state index contributed by atoms with van der Waals surface area (Å²) in [6.45, 7) is 7.06. The summed E-state index contributed by atoms with van der Waals surface area (Å²) in [6, 6.07) is 6.68. The molecule has 4 rings (SSSR count). The van der Waals surface area contributed by atoms with E-state index in [2.05, 4.69) is 28.4 Å². The first kappa shape index (κ1) is 13.6. The molecule has 0 aliphatic carbocycles. The molecule has 1 aromatic rings. The Balaban J connectivity index is 1.36. The number of morpholine rings is 1. The Morgan fingerprint density at radius 1 is 1.19 bits per heavy atom. The number of piperidine rings is 1. The summed E-state index contributed by atoms with van der Waals surface area (Å²) in [5.41, 5.74) is 2.90. The lowest BCUT2D eigenvalue weighted by Crippen LogP contribution is -2.55. The molecule has 0 aromatic heterocycles. The zero-order chi connectivity index (χ0) is 14.1. The van der Waals surface area contributed by atoms with Crippen LogP contribution in [0.2, 0.25) is 0 Å². The first-order valence-corrected chi connectivity index (χ1v) is 8.15. The van der Waals surface area contributed by atoms with Gasteiger partial charge in [0.05, 0.1) is 18.8 Å². The first-order valence-electron chi connectivity index (χ1n) is 8.15. The average Bonchev–Trinajstić information content (AvgIpc) is 2.98. The predicted octanol–water partition coefficient (Wildman–Crippen LogP) is 1.58. The van der Waals surface area contributed by atoms with Crippen molar-refractivity contribution >= 4 is 0 Å². The van der Waals surface area contributed by atoms with Gasteiger partial charge in [0.15, 0.2) is 0 Å². The van der Waals surface area contributed by atoms with E-state index in [-0.39, 0.29) is 5.60 Å². The van der Waals surface area contributed by atoms with Crippen LogP contribution in [0.5, 0.6) is 5.75 Å².